The first-order chi connectivity index (χ1) is 4.84. The number of hydrogen-bond acceptors (Lipinski definition) is 3. The molecule has 0 saturated carbocycles. The molecule has 4 nitrogen and oxygen atoms in total. The van der Waals surface area contributed by atoms with Crippen molar-refractivity contribution in [2.45, 2.75) is 6.42 Å². The van der Waals surface area contributed by atoms with E-state index < -0.39 is 0 Å². The third-order valence-electron chi connectivity index (χ3n) is 1.63. The fraction of sp³-hybridized carbons (Fsp3) is 0.833. The minimum Gasteiger partial charge on any atom is -0.316 e. The lowest BCUT2D eigenvalue weighted by Gasteiger charge is -2.05. The van der Waals surface area contributed by atoms with Gasteiger partial charge in [-0.25, -0.2) is 5.48 Å². The van der Waals surface area contributed by atoms with Gasteiger partial charge in [-0.3, -0.25) is 9.63 Å². The maximum absolute atomic E-state index is 11.0. The van der Waals surface area contributed by atoms with Gasteiger partial charge >= 0.3 is 0 Å². The van der Waals surface area contributed by atoms with Crippen LogP contribution in [0.25, 0.3) is 0 Å². The molecule has 2 N–H and O–H groups in total. The molecule has 4 heteroatoms. The molecule has 0 aliphatic carbocycles. The quantitative estimate of drug-likeness (QED) is 0.502. The van der Waals surface area contributed by atoms with Gasteiger partial charge in [0.2, 0.25) is 5.91 Å². The largest absolute Gasteiger partial charge is 0.316 e. The predicted molar refractivity (Wildman–Crippen MR) is 36.1 cm³/mol. The molecule has 1 aliphatic rings. The van der Waals surface area contributed by atoms with E-state index >= 15 is 0 Å². The van der Waals surface area contributed by atoms with Gasteiger partial charge in [-0.15, -0.1) is 0 Å². The molecule has 1 fully saturated rings. The zero-order chi connectivity index (χ0) is 7.40. The normalized spacial score (nSPS) is 24.7. The minimum absolute atomic E-state index is 0.0208. The van der Waals surface area contributed by atoms with Crippen molar-refractivity contribution in [3.63, 3.8) is 0 Å². The van der Waals surface area contributed by atoms with Gasteiger partial charge in [-0.05, 0) is 13.0 Å². The van der Waals surface area contributed by atoms with Gasteiger partial charge in [0.15, 0.2) is 0 Å². The maximum Gasteiger partial charge on any atom is 0.247 e. The number of nitrogens with one attached hydrogen (secondary N) is 2. The number of rotatable bonds is 2. The van der Waals surface area contributed by atoms with Gasteiger partial charge in [0.05, 0.1) is 13.0 Å². The van der Waals surface area contributed by atoms with Crippen LogP contribution in [0.3, 0.4) is 0 Å². The Labute approximate surface area is 59.9 Å². The average molecular weight is 144 g/mol. The Morgan fingerprint density at radius 1 is 1.80 bits per heavy atom. The van der Waals surface area contributed by atoms with Gasteiger partial charge < -0.3 is 5.32 Å². The van der Waals surface area contributed by atoms with Crippen molar-refractivity contribution in [1.82, 2.24) is 10.8 Å². The fourth-order valence-electron chi connectivity index (χ4n) is 1.06. The molecule has 0 spiro atoms. The highest BCUT2D eigenvalue weighted by Gasteiger charge is 2.21. The number of carbonyl (C=O) groups excluding carboxylic acids is 1. The van der Waals surface area contributed by atoms with Crippen molar-refractivity contribution in [2.75, 3.05) is 20.2 Å². The maximum atomic E-state index is 11.0. The van der Waals surface area contributed by atoms with E-state index in [9.17, 15) is 4.79 Å². The summed E-state index contributed by atoms with van der Waals surface area (Å²) in [6, 6.07) is 0. The van der Waals surface area contributed by atoms with E-state index in [4.69, 9.17) is 0 Å². The molecule has 0 aromatic carbocycles. The van der Waals surface area contributed by atoms with Crippen LogP contribution in [0.2, 0.25) is 0 Å². The van der Waals surface area contributed by atoms with Crippen molar-refractivity contribution in [1.29, 1.82) is 0 Å². The third-order valence-corrected chi connectivity index (χ3v) is 1.63. The lowest BCUT2D eigenvalue weighted by Crippen LogP contribution is -2.30. The molecule has 1 aliphatic heterocycles. The van der Waals surface area contributed by atoms with E-state index in [1.807, 2.05) is 0 Å². The van der Waals surface area contributed by atoms with Crippen LogP contribution in [-0.4, -0.2) is 26.1 Å². The summed E-state index contributed by atoms with van der Waals surface area (Å²) >= 11 is 0. The second-order valence-corrected chi connectivity index (χ2v) is 2.36. The molecule has 0 aromatic heterocycles. The standard InChI is InChI=1S/C6H12N2O2/c1-10-8-6(9)5-2-3-7-4-5/h5,7H,2-4H2,1H3,(H,8,9). The topological polar surface area (TPSA) is 50.4 Å². The summed E-state index contributed by atoms with van der Waals surface area (Å²) in [4.78, 5) is 15.5. The van der Waals surface area contributed by atoms with E-state index in [0.29, 0.717) is 0 Å². The molecule has 1 rings (SSSR count). The average Bonchev–Trinajstić information content (AvgIpc) is 2.38. The summed E-state index contributed by atoms with van der Waals surface area (Å²) < 4.78 is 0. The van der Waals surface area contributed by atoms with Crippen LogP contribution in [0, 0.1) is 5.92 Å². The Balaban J connectivity index is 2.25. The van der Waals surface area contributed by atoms with Crippen LogP contribution in [0.1, 0.15) is 6.42 Å². The highest BCUT2D eigenvalue weighted by Crippen LogP contribution is 2.06. The van der Waals surface area contributed by atoms with E-state index in [2.05, 4.69) is 15.6 Å². The molecule has 1 atom stereocenters. The molecular weight excluding hydrogens is 132 g/mol. The van der Waals surface area contributed by atoms with Crippen LogP contribution >= 0.6 is 0 Å². The number of hydroxylamine groups is 1. The molecule has 1 saturated heterocycles. The van der Waals surface area contributed by atoms with Crippen molar-refractivity contribution in [2.24, 2.45) is 5.92 Å². The molecule has 1 amide bonds. The number of hydrogen-bond donors (Lipinski definition) is 2. The van der Waals surface area contributed by atoms with Gasteiger partial charge in [0.1, 0.15) is 0 Å². The lowest BCUT2D eigenvalue weighted by atomic mass is 10.1. The van der Waals surface area contributed by atoms with E-state index in [-0.39, 0.29) is 11.8 Å². The lowest BCUT2D eigenvalue weighted by molar-refractivity contribution is -0.134. The fourth-order valence-corrected chi connectivity index (χ4v) is 1.06. The summed E-state index contributed by atoms with van der Waals surface area (Å²) in [7, 11) is 1.44. The van der Waals surface area contributed by atoms with E-state index in [1.54, 1.807) is 0 Å². The summed E-state index contributed by atoms with van der Waals surface area (Å²) in [6.45, 7) is 1.71. The minimum atomic E-state index is -0.0208. The predicted octanol–water partition coefficient (Wildman–Crippen LogP) is -0.726. The van der Waals surface area contributed by atoms with Crippen LogP contribution in [-0.2, 0) is 9.63 Å². The van der Waals surface area contributed by atoms with Crippen LogP contribution in [0.15, 0.2) is 0 Å². The number of carbonyl (C=O) groups is 1. The first-order valence-electron chi connectivity index (χ1n) is 3.38. The molecule has 0 aromatic rings. The van der Waals surface area contributed by atoms with Crippen molar-refractivity contribution in [3.8, 4) is 0 Å². The highest BCUT2D eigenvalue weighted by molar-refractivity contribution is 5.78. The second-order valence-electron chi connectivity index (χ2n) is 2.36. The van der Waals surface area contributed by atoms with Gasteiger partial charge in [-0.2, -0.15) is 0 Å². The molecule has 1 unspecified atom stereocenters. The van der Waals surface area contributed by atoms with Crippen molar-refractivity contribution < 1.29 is 9.63 Å². The number of amides is 1. The molecular formula is C6H12N2O2. The zero-order valence-electron chi connectivity index (χ0n) is 6.02. The SMILES string of the molecule is CONC(=O)C1CCNC1. The molecule has 10 heavy (non-hydrogen) atoms. The summed E-state index contributed by atoms with van der Waals surface area (Å²) in [6.07, 6.45) is 0.912. The smallest absolute Gasteiger partial charge is 0.247 e. The summed E-state index contributed by atoms with van der Waals surface area (Å²) in [5, 5.41) is 3.10. The summed E-state index contributed by atoms with van der Waals surface area (Å²) in [5.74, 6) is 0.0763. The monoisotopic (exact) mass is 144 g/mol. The third kappa shape index (κ3) is 1.68. The second kappa shape index (κ2) is 3.53. The van der Waals surface area contributed by atoms with Crippen LogP contribution in [0.4, 0.5) is 0 Å². The summed E-state index contributed by atoms with van der Waals surface area (Å²) in [5.41, 5.74) is 2.31. The van der Waals surface area contributed by atoms with E-state index in [1.165, 1.54) is 7.11 Å². The Bertz CT molecular complexity index is 121. The van der Waals surface area contributed by atoms with Crippen LogP contribution in [0.5, 0.6) is 0 Å². The van der Waals surface area contributed by atoms with Crippen molar-refractivity contribution >= 4 is 5.91 Å². The molecule has 0 radical (unpaired) electrons. The Kier molecular flexibility index (Phi) is 2.65. The Morgan fingerprint density at radius 3 is 3.10 bits per heavy atom. The Morgan fingerprint density at radius 2 is 2.60 bits per heavy atom. The molecule has 1 heterocycles. The van der Waals surface area contributed by atoms with E-state index in [0.717, 1.165) is 19.5 Å². The first-order valence-corrected chi connectivity index (χ1v) is 3.38. The Hall–Kier alpha value is -0.610. The molecule has 58 valence electrons. The van der Waals surface area contributed by atoms with Gasteiger partial charge in [0.25, 0.3) is 0 Å². The van der Waals surface area contributed by atoms with Crippen LogP contribution < -0.4 is 10.8 Å². The van der Waals surface area contributed by atoms with Crippen molar-refractivity contribution in [3.05, 3.63) is 0 Å². The first kappa shape index (κ1) is 7.50. The molecule has 0 bridgehead atoms. The highest BCUT2D eigenvalue weighted by atomic mass is 16.6. The van der Waals surface area contributed by atoms with Gasteiger partial charge in [-0.1, -0.05) is 0 Å². The van der Waals surface area contributed by atoms with Gasteiger partial charge in [0, 0.05) is 6.54 Å². The zero-order valence-corrected chi connectivity index (χ0v) is 6.02.